The predicted octanol–water partition coefficient (Wildman–Crippen LogP) is 2.61. The Hall–Kier alpha value is -1.79. The van der Waals surface area contributed by atoms with Gasteiger partial charge in [-0.1, -0.05) is 23.7 Å². The van der Waals surface area contributed by atoms with Gasteiger partial charge in [0.05, 0.1) is 10.3 Å². The Morgan fingerprint density at radius 2 is 1.96 bits per heavy atom. The summed E-state index contributed by atoms with van der Waals surface area (Å²) in [5, 5.41) is 0.157. The molecular formula is C16H18ClN3O2S. The highest BCUT2D eigenvalue weighted by Crippen LogP contribution is 2.28. The number of benzene rings is 1. The zero-order valence-electron chi connectivity index (χ0n) is 12.7. The van der Waals surface area contributed by atoms with E-state index in [2.05, 4.69) is 9.88 Å². The largest absolute Gasteiger partial charge is 0.382 e. The molecule has 0 amide bonds. The predicted molar refractivity (Wildman–Crippen MR) is 94.6 cm³/mol. The normalized spacial score (nSPS) is 18.3. The summed E-state index contributed by atoms with van der Waals surface area (Å²) in [6.45, 7) is 1.31. The number of anilines is 2. The van der Waals surface area contributed by atoms with Gasteiger partial charge in [0.1, 0.15) is 5.82 Å². The van der Waals surface area contributed by atoms with Gasteiger partial charge in [-0.3, -0.25) is 0 Å². The molecule has 0 unspecified atom stereocenters. The fourth-order valence-electron chi connectivity index (χ4n) is 2.78. The van der Waals surface area contributed by atoms with Crippen LogP contribution in [0.2, 0.25) is 5.02 Å². The lowest BCUT2D eigenvalue weighted by molar-refractivity contribution is 0.589. The summed E-state index contributed by atoms with van der Waals surface area (Å²) >= 11 is 6.00. The molecule has 1 aromatic carbocycles. The number of nitrogens with zero attached hydrogens (tertiary/aromatic N) is 2. The van der Waals surface area contributed by atoms with Crippen molar-refractivity contribution in [2.75, 3.05) is 30.0 Å². The van der Waals surface area contributed by atoms with Crippen molar-refractivity contribution in [1.82, 2.24) is 4.98 Å². The highest BCUT2D eigenvalue weighted by Gasteiger charge is 2.30. The molecule has 0 aliphatic carbocycles. The van der Waals surface area contributed by atoms with Gasteiger partial charge in [-0.05, 0) is 30.2 Å². The molecule has 1 aromatic heterocycles. The van der Waals surface area contributed by atoms with Gasteiger partial charge < -0.3 is 10.6 Å². The first kappa shape index (κ1) is 16.1. The maximum Gasteiger partial charge on any atom is 0.152 e. The average Bonchev–Trinajstić information content (AvgIpc) is 3.00. The summed E-state index contributed by atoms with van der Waals surface area (Å²) in [5.74, 6) is 0.316. The minimum Gasteiger partial charge on any atom is -0.382 e. The van der Waals surface area contributed by atoms with Crippen LogP contribution in [0.4, 0.5) is 11.5 Å². The van der Waals surface area contributed by atoms with Crippen LogP contribution in [0.15, 0.2) is 36.5 Å². The molecule has 2 aromatic rings. The molecule has 0 saturated carbocycles. The summed E-state index contributed by atoms with van der Waals surface area (Å²) in [7, 11) is -2.98. The average molecular weight is 352 g/mol. The topological polar surface area (TPSA) is 76.3 Å². The van der Waals surface area contributed by atoms with Gasteiger partial charge in [0.15, 0.2) is 9.84 Å². The van der Waals surface area contributed by atoms with E-state index in [1.165, 1.54) is 6.26 Å². The Balaban J connectivity index is 1.79. The van der Waals surface area contributed by atoms with Crippen LogP contribution in [0.25, 0.3) is 11.1 Å². The maximum atomic E-state index is 11.7. The number of hydrogen-bond acceptors (Lipinski definition) is 5. The van der Waals surface area contributed by atoms with Crippen molar-refractivity contribution < 1.29 is 8.42 Å². The highest BCUT2D eigenvalue weighted by molar-refractivity contribution is 7.91. The van der Waals surface area contributed by atoms with Gasteiger partial charge in [0.2, 0.25) is 0 Å². The Morgan fingerprint density at radius 1 is 1.26 bits per heavy atom. The van der Waals surface area contributed by atoms with E-state index in [-0.39, 0.29) is 5.25 Å². The van der Waals surface area contributed by atoms with Crippen molar-refractivity contribution in [1.29, 1.82) is 0 Å². The van der Waals surface area contributed by atoms with E-state index in [1.54, 1.807) is 12.3 Å². The van der Waals surface area contributed by atoms with Crippen LogP contribution in [-0.4, -0.2) is 38.0 Å². The molecule has 1 saturated heterocycles. The van der Waals surface area contributed by atoms with Crippen LogP contribution >= 0.6 is 11.6 Å². The molecule has 5 nitrogen and oxygen atoms in total. The lowest BCUT2D eigenvalue weighted by Crippen LogP contribution is -2.25. The van der Waals surface area contributed by atoms with Crippen LogP contribution in [0.1, 0.15) is 6.42 Å². The molecule has 0 spiro atoms. The smallest absolute Gasteiger partial charge is 0.152 e. The van der Waals surface area contributed by atoms with Gasteiger partial charge >= 0.3 is 0 Å². The van der Waals surface area contributed by atoms with E-state index in [0.717, 1.165) is 23.4 Å². The van der Waals surface area contributed by atoms with Gasteiger partial charge in [-0.15, -0.1) is 0 Å². The Bertz CT molecular complexity index is 822. The SMILES string of the molecule is CS(=O)(=O)[C@H]1CCN(c2ccc(-c3cnc(N)c(Cl)c3)cc2)C1. The summed E-state index contributed by atoms with van der Waals surface area (Å²) in [6, 6.07) is 9.72. The summed E-state index contributed by atoms with van der Waals surface area (Å²) in [4.78, 5) is 6.16. The lowest BCUT2D eigenvalue weighted by atomic mass is 10.1. The molecule has 23 heavy (non-hydrogen) atoms. The van der Waals surface area contributed by atoms with Crippen LogP contribution in [0.5, 0.6) is 0 Å². The number of rotatable bonds is 3. The van der Waals surface area contributed by atoms with Crippen molar-refractivity contribution in [2.45, 2.75) is 11.7 Å². The van der Waals surface area contributed by atoms with E-state index in [4.69, 9.17) is 17.3 Å². The molecule has 1 fully saturated rings. The fourth-order valence-corrected chi connectivity index (χ4v) is 3.93. The minimum absolute atomic E-state index is 0.276. The number of aromatic nitrogens is 1. The van der Waals surface area contributed by atoms with Gasteiger partial charge in [0.25, 0.3) is 0 Å². The highest BCUT2D eigenvalue weighted by atomic mass is 35.5. The third kappa shape index (κ3) is 3.43. The molecule has 3 rings (SSSR count). The number of hydrogen-bond donors (Lipinski definition) is 1. The number of nitrogens with two attached hydrogens (primary N) is 1. The van der Waals surface area contributed by atoms with E-state index in [9.17, 15) is 8.42 Å². The zero-order chi connectivity index (χ0) is 16.6. The molecule has 2 N–H and O–H groups in total. The molecule has 1 atom stereocenters. The number of halogens is 1. The molecule has 0 bridgehead atoms. The molecule has 1 aliphatic rings. The first-order valence-corrected chi connectivity index (χ1v) is 9.63. The first-order valence-electron chi connectivity index (χ1n) is 7.30. The van der Waals surface area contributed by atoms with Crippen LogP contribution in [0, 0.1) is 0 Å². The lowest BCUT2D eigenvalue weighted by Gasteiger charge is -2.18. The van der Waals surface area contributed by atoms with Crippen molar-refractivity contribution in [3.63, 3.8) is 0 Å². The maximum absolute atomic E-state index is 11.7. The van der Waals surface area contributed by atoms with Crippen molar-refractivity contribution >= 4 is 32.9 Å². The number of pyridine rings is 1. The standard InChI is InChI=1S/C16H18ClN3O2S/c1-23(21,22)14-6-7-20(10-14)13-4-2-11(3-5-13)12-8-15(17)16(18)19-9-12/h2-5,8-9,14H,6-7,10H2,1H3,(H2,18,19)/t14-/m0/s1. The van der Waals surface area contributed by atoms with Crippen molar-refractivity contribution in [2.24, 2.45) is 0 Å². The molecule has 122 valence electrons. The molecule has 1 aliphatic heterocycles. The molecule has 2 heterocycles. The quantitative estimate of drug-likeness (QED) is 0.919. The van der Waals surface area contributed by atoms with Crippen LogP contribution in [0.3, 0.4) is 0 Å². The van der Waals surface area contributed by atoms with Gasteiger partial charge in [0, 0.05) is 36.8 Å². The van der Waals surface area contributed by atoms with E-state index in [0.29, 0.717) is 23.8 Å². The van der Waals surface area contributed by atoms with Gasteiger partial charge in [-0.2, -0.15) is 0 Å². The van der Waals surface area contributed by atoms with Crippen molar-refractivity contribution in [3.05, 3.63) is 41.6 Å². The fraction of sp³-hybridized carbons (Fsp3) is 0.312. The molecular weight excluding hydrogens is 334 g/mol. The van der Waals surface area contributed by atoms with Crippen molar-refractivity contribution in [3.8, 4) is 11.1 Å². The Labute approximate surface area is 141 Å². The van der Waals surface area contributed by atoms with E-state index >= 15 is 0 Å². The van der Waals surface area contributed by atoms with Crippen LogP contribution < -0.4 is 10.6 Å². The third-order valence-corrected chi connectivity index (χ3v) is 6.08. The third-order valence-electron chi connectivity index (χ3n) is 4.19. The Morgan fingerprint density at radius 3 is 2.52 bits per heavy atom. The summed E-state index contributed by atoms with van der Waals surface area (Å²) in [6.07, 6.45) is 3.67. The minimum atomic E-state index is -2.98. The zero-order valence-corrected chi connectivity index (χ0v) is 14.3. The first-order chi connectivity index (χ1) is 10.8. The second kappa shape index (κ2) is 6.02. The van der Waals surface area contributed by atoms with E-state index < -0.39 is 9.84 Å². The number of nitrogen functional groups attached to an aromatic ring is 1. The molecule has 0 radical (unpaired) electrons. The molecule has 7 heteroatoms. The number of sulfone groups is 1. The van der Waals surface area contributed by atoms with Crippen LogP contribution in [-0.2, 0) is 9.84 Å². The van der Waals surface area contributed by atoms with Gasteiger partial charge in [-0.25, -0.2) is 13.4 Å². The second-order valence-corrected chi connectivity index (χ2v) is 8.56. The Kier molecular flexibility index (Phi) is 4.21. The van der Waals surface area contributed by atoms with E-state index in [1.807, 2.05) is 24.3 Å². The summed E-state index contributed by atoms with van der Waals surface area (Å²) in [5.41, 5.74) is 8.53. The summed E-state index contributed by atoms with van der Waals surface area (Å²) < 4.78 is 23.3. The monoisotopic (exact) mass is 351 g/mol. The second-order valence-electron chi connectivity index (χ2n) is 5.82.